The van der Waals surface area contributed by atoms with Gasteiger partial charge in [0.15, 0.2) is 0 Å². The van der Waals surface area contributed by atoms with Crippen molar-refractivity contribution in [3.8, 4) is 0 Å². The van der Waals surface area contributed by atoms with Crippen molar-refractivity contribution >= 4 is 12.0 Å². The molecule has 1 saturated heterocycles. The lowest BCUT2D eigenvalue weighted by Crippen LogP contribution is -2.54. The number of carbonyl (C=O) groups is 2. The number of fused-ring (bicyclic) bond motifs is 1. The molecule has 0 radical (unpaired) electrons. The lowest BCUT2D eigenvalue weighted by Gasteiger charge is -2.39. The minimum atomic E-state index is -1.03. The third kappa shape index (κ3) is 1.17. The van der Waals surface area contributed by atoms with Gasteiger partial charge >= 0.3 is 6.09 Å². The fourth-order valence-electron chi connectivity index (χ4n) is 3.37. The fourth-order valence-corrected chi connectivity index (χ4v) is 3.37. The largest absolute Gasteiger partial charge is 0.465 e. The molecule has 0 aromatic carbocycles. The Kier molecular flexibility index (Phi) is 2.03. The molecule has 1 saturated carbocycles. The summed E-state index contributed by atoms with van der Waals surface area (Å²) < 4.78 is 0. The average molecular weight is 226 g/mol. The second kappa shape index (κ2) is 2.90. The van der Waals surface area contributed by atoms with Crippen LogP contribution in [0, 0.1) is 11.3 Å². The smallest absolute Gasteiger partial charge is 0.408 e. The first-order chi connectivity index (χ1) is 7.22. The quantitative estimate of drug-likeness (QED) is 0.700. The Balaban J connectivity index is 2.38. The summed E-state index contributed by atoms with van der Waals surface area (Å²) in [6.07, 6.45) is 0.407. The first kappa shape index (κ1) is 11.2. The van der Waals surface area contributed by atoms with Gasteiger partial charge in [-0.1, -0.05) is 20.8 Å². The molecule has 5 heteroatoms. The van der Waals surface area contributed by atoms with Crippen molar-refractivity contribution in [1.82, 2.24) is 4.90 Å². The van der Waals surface area contributed by atoms with Crippen molar-refractivity contribution in [1.29, 1.82) is 0 Å². The summed E-state index contributed by atoms with van der Waals surface area (Å²) in [5, 5.41) is 9.28. The minimum Gasteiger partial charge on any atom is -0.465 e. The van der Waals surface area contributed by atoms with Crippen molar-refractivity contribution in [2.24, 2.45) is 17.1 Å². The maximum absolute atomic E-state index is 11.3. The molecular formula is C11H18N2O3. The average Bonchev–Trinajstić information content (AvgIpc) is 2.71. The normalized spacial score (nSPS) is 37.1. The standard InChI is InChI=1S/C11H18N2O3/c1-10(2,3)11-5-6(11)4-7(8(12)14)13(11)9(15)16/h6-7H,4-5H2,1-3H3,(H2,12,14)(H,15,16)/t6-,7-,11-/m0/s1. The monoisotopic (exact) mass is 226 g/mol. The van der Waals surface area contributed by atoms with Crippen molar-refractivity contribution in [2.75, 3.05) is 0 Å². The number of carboxylic acid groups (broad SMARTS) is 1. The first-order valence-corrected chi connectivity index (χ1v) is 5.53. The molecule has 0 aromatic heterocycles. The van der Waals surface area contributed by atoms with E-state index in [4.69, 9.17) is 5.73 Å². The molecule has 3 atom stereocenters. The molecule has 2 fully saturated rings. The lowest BCUT2D eigenvalue weighted by atomic mass is 9.82. The highest BCUT2D eigenvalue weighted by atomic mass is 16.4. The molecule has 2 rings (SSSR count). The van der Waals surface area contributed by atoms with Crippen LogP contribution in [0.2, 0.25) is 0 Å². The van der Waals surface area contributed by atoms with E-state index in [-0.39, 0.29) is 11.0 Å². The van der Waals surface area contributed by atoms with Crippen LogP contribution in [0.4, 0.5) is 4.79 Å². The summed E-state index contributed by atoms with van der Waals surface area (Å²) in [7, 11) is 0. The predicted octanol–water partition coefficient (Wildman–Crippen LogP) is 1.03. The molecule has 0 bridgehead atoms. The molecule has 0 spiro atoms. The number of rotatable bonds is 1. The van der Waals surface area contributed by atoms with Gasteiger partial charge in [-0.05, 0) is 24.2 Å². The van der Waals surface area contributed by atoms with Gasteiger partial charge in [0.2, 0.25) is 5.91 Å². The molecule has 0 unspecified atom stereocenters. The summed E-state index contributed by atoms with van der Waals surface area (Å²) in [6.45, 7) is 6.06. The van der Waals surface area contributed by atoms with E-state index in [2.05, 4.69) is 0 Å². The summed E-state index contributed by atoms with van der Waals surface area (Å²) in [6, 6.07) is -0.643. The fraction of sp³-hybridized carbons (Fsp3) is 0.818. The molecule has 1 aliphatic heterocycles. The summed E-state index contributed by atoms with van der Waals surface area (Å²) in [5.74, 6) is -0.237. The zero-order chi connectivity index (χ0) is 12.3. The van der Waals surface area contributed by atoms with Gasteiger partial charge < -0.3 is 10.8 Å². The van der Waals surface area contributed by atoms with Crippen LogP contribution < -0.4 is 5.73 Å². The van der Waals surface area contributed by atoms with E-state index in [1.807, 2.05) is 20.8 Å². The molecule has 5 nitrogen and oxygen atoms in total. The van der Waals surface area contributed by atoms with Gasteiger partial charge in [0.1, 0.15) is 6.04 Å². The number of nitrogens with zero attached hydrogens (tertiary/aromatic N) is 1. The highest BCUT2D eigenvalue weighted by Gasteiger charge is 2.72. The van der Waals surface area contributed by atoms with Crippen molar-refractivity contribution in [2.45, 2.75) is 45.2 Å². The highest BCUT2D eigenvalue weighted by molar-refractivity contribution is 5.86. The maximum atomic E-state index is 11.3. The summed E-state index contributed by atoms with van der Waals surface area (Å²) in [5.41, 5.74) is 4.74. The van der Waals surface area contributed by atoms with Gasteiger partial charge in [-0.15, -0.1) is 0 Å². The Morgan fingerprint density at radius 3 is 2.38 bits per heavy atom. The molecule has 2 aliphatic rings. The summed E-state index contributed by atoms with van der Waals surface area (Å²) >= 11 is 0. The Morgan fingerprint density at radius 2 is 2.00 bits per heavy atom. The van der Waals surface area contributed by atoms with Crippen LogP contribution >= 0.6 is 0 Å². The number of hydrogen-bond acceptors (Lipinski definition) is 2. The topological polar surface area (TPSA) is 83.6 Å². The number of piperidine rings is 1. The molecule has 16 heavy (non-hydrogen) atoms. The van der Waals surface area contributed by atoms with Gasteiger partial charge in [0.05, 0.1) is 5.54 Å². The third-order valence-electron chi connectivity index (χ3n) is 4.16. The predicted molar refractivity (Wildman–Crippen MR) is 57.8 cm³/mol. The zero-order valence-electron chi connectivity index (χ0n) is 9.86. The molecule has 0 aromatic rings. The number of primary amides is 1. The van der Waals surface area contributed by atoms with E-state index in [0.717, 1.165) is 6.42 Å². The molecule has 1 heterocycles. The molecule has 1 aliphatic carbocycles. The van der Waals surface area contributed by atoms with Crippen molar-refractivity contribution < 1.29 is 14.7 Å². The van der Waals surface area contributed by atoms with Crippen LogP contribution in [-0.4, -0.2) is 33.6 Å². The van der Waals surface area contributed by atoms with E-state index in [9.17, 15) is 14.7 Å². The van der Waals surface area contributed by atoms with Crippen molar-refractivity contribution in [3.63, 3.8) is 0 Å². The second-order valence-corrected chi connectivity index (χ2v) is 5.88. The first-order valence-electron chi connectivity index (χ1n) is 5.53. The number of nitrogens with two attached hydrogens (primary N) is 1. The van der Waals surface area contributed by atoms with Gasteiger partial charge in [-0.3, -0.25) is 9.69 Å². The Morgan fingerprint density at radius 1 is 1.44 bits per heavy atom. The summed E-state index contributed by atoms with van der Waals surface area (Å²) in [4.78, 5) is 23.9. The number of likely N-dealkylation sites (tertiary alicyclic amines) is 1. The van der Waals surface area contributed by atoms with E-state index in [1.54, 1.807) is 0 Å². The van der Waals surface area contributed by atoms with Crippen molar-refractivity contribution in [3.05, 3.63) is 0 Å². The van der Waals surface area contributed by atoms with E-state index in [1.165, 1.54) is 4.90 Å². The van der Waals surface area contributed by atoms with Gasteiger partial charge in [-0.25, -0.2) is 4.79 Å². The Hall–Kier alpha value is -1.26. The Labute approximate surface area is 94.6 Å². The zero-order valence-corrected chi connectivity index (χ0v) is 9.86. The van der Waals surface area contributed by atoms with Crippen LogP contribution in [0.15, 0.2) is 0 Å². The maximum Gasteiger partial charge on any atom is 0.408 e. The van der Waals surface area contributed by atoms with E-state index < -0.39 is 18.0 Å². The third-order valence-corrected chi connectivity index (χ3v) is 4.16. The van der Waals surface area contributed by atoms with Crippen LogP contribution in [0.5, 0.6) is 0 Å². The molecule has 3 N–H and O–H groups in total. The SMILES string of the molecule is CC(C)(C)[C@]12C[C@@H]1C[C@@H](C(N)=O)N2C(=O)O. The van der Waals surface area contributed by atoms with Crippen LogP contribution in [0.3, 0.4) is 0 Å². The minimum absolute atomic E-state index is 0.153. The molecular weight excluding hydrogens is 208 g/mol. The van der Waals surface area contributed by atoms with Gasteiger partial charge in [0.25, 0.3) is 0 Å². The van der Waals surface area contributed by atoms with E-state index >= 15 is 0 Å². The number of amides is 2. The highest BCUT2D eigenvalue weighted by Crippen LogP contribution is 2.65. The van der Waals surface area contributed by atoms with Crippen LogP contribution in [-0.2, 0) is 4.79 Å². The van der Waals surface area contributed by atoms with Gasteiger partial charge in [-0.2, -0.15) is 0 Å². The number of hydrogen-bond donors (Lipinski definition) is 2. The van der Waals surface area contributed by atoms with E-state index in [0.29, 0.717) is 12.3 Å². The molecule has 2 amide bonds. The van der Waals surface area contributed by atoms with Crippen LogP contribution in [0.25, 0.3) is 0 Å². The lowest BCUT2D eigenvalue weighted by molar-refractivity contribution is -0.123. The molecule has 90 valence electrons. The second-order valence-electron chi connectivity index (χ2n) is 5.88. The Bertz CT molecular complexity index is 361. The van der Waals surface area contributed by atoms with Gasteiger partial charge in [0, 0.05) is 0 Å². The van der Waals surface area contributed by atoms with Crippen LogP contribution in [0.1, 0.15) is 33.6 Å². The number of carbonyl (C=O) groups excluding carboxylic acids is 1.